The fourth-order valence-electron chi connectivity index (χ4n) is 2.56. The van der Waals surface area contributed by atoms with E-state index in [9.17, 15) is 4.79 Å². The summed E-state index contributed by atoms with van der Waals surface area (Å²) >= 11 is 0. The lowest BCUT2D eigenvalue weighted by atomic mass is 9.95. The van der Waals surface area contributed by atoms with E-state index in [1.165, 1.54) is 5.56 Å². The first-order valence-corrected chi connectivity index (χ1v) is 5.36. The highest BCUT2D eigenvalue weighted by Gasteiger charge is 2.37. The van der Waals surface area contributed by atoms with Crippen molar-refractivity contribution < 1.29 is 4.79 Å². The Morgan fingerprint density at radius 3 is 3.00 bits per heavy atom. The first-order chi connectivity index (χ1) is 7.27. The van der Waals surface area contributed by atoms with Gasteiger partial charge in [0, 0.05) is 11.7 Å². The molecule has 0 aliphatic carbocycles. The van der Waals surface area contributed by atoms with Crippen LogP contribution in [0.25, 0.3) is 0 Å². The maximum Gasteiger partial charge on any atom is 0.250 e. The molecule has 2 atom stereocenters. The Bertz CT molecular complexity index is 450. The van der Waals surface area contributed by atoms with Gasteiger partial charge in [-0.05, 0) is 30.0 Å². The minimum Gasteiger partial charge on any atom is -0.305 e. The van der Waals surface area contributed by atoms with E-state index in [-0.39, 0.29) is 5.91 Å². The molecule has 2 heterocycles. The Balaban J connectivity index is 2.12. The van der Waals surface area contributed by atoms with Crippen molar-refractivity contribution in [3.05, 3.63) is 42.0 Å². The minimum atomic E-state index is 0.128. The summed E-state index contributed by atoms with van der Waals surface area (Å²) in [6, 6.07) is 8.53. The molecule has 15 heavy (non-hydrogen) atoms. The molecule has 0 bridgehead atoms. The van der Waals surface area contributed by atoms with Crippen molar-refractivity contribution >= 4 is 11.6 Å². The molecule has 1 amide bonds. The van der Waals surface area contributed by atoms with E-state index < -0.39 is 0 Å². The van der Waals surface area contributed by atoms with E-state index in [2.05, 4.69) is 13.0 Å². The summed E-state index contributed by atoms with van der Waals surface area (Å²) in [5, 5.41) is 0. The van der Waals surface area contributed by atoms with Gasteiger partial charge in [0.15, 0.2) is 0 Å². The van der Waals surface area contributed by atoms with Crippen LogP contribution in [0.2, 0.25) is 0 Å². The van der Waals surface area contributed by atoms with Crippen LogP contribution in [-0.2, 0) is 11.2 Å². The monoisotopic (exact) mass is 199 g/mol. The van der Waals surface area contributed by atoms with E-state index in [4.69, 9.17) is 0 Å². The topological polar surface area (TPSA) is 20.3 Å². The zero-order valence-electron chi connectivity index (χ0n) is 8.68. The van der Waals surface area contributed by atoms with Crippen molar-refractivity contribution in [2.45, 2.75) is 19.4 Å². The summed E-state index contributed by atoms with van der Waals surface area (Å²) < 4.78 is 0. The van der Waals surface area contributed by atoms with E-state index >= 15 is 0 Å². The molecule has 3 rings (SSSR count). The number of carbonyl (C=O) groups is 1. The van der Waals surface area contributed by atoms with Gasteiger partial charge in [-0.15, -0.1) is 0 Å². The van der Waals surface area contributed by atoms with Crippen LogP contribution < -0.4 is 4.90 Å². The van der Waals surface area contributed by atoms with Crippen LogP contribution in [0, 0.1) is 5.92 Å². The van der Waals surface area contributed by atoms with Crippen LogP contribution in [0.5, 0.6) is 0 Å². The molecule has 0 saturated heterocycles. The van der Waals surface area contributed by atoms with Crippen molar-refractivity contribution in [2.24, 2.45) is 5.92 Å². The van der Waals surface area contributed by atoms with Gasteiger partial charge in [-0.2, -0.15) is 0 Å². The molecule has 0 N–H and O–H groups in total. The Labute approximate surface area is 89.2 Å². The van der Waals surface area contributed by atoms with Crippen molar-refractivity contribution in [1.82, 2.24) is 0 Å². The summed E-state index contributed by atoms with van der Waals surface area (Å²) in [4.78, 5) is 13.8. The third kappa shape index (κ3) is 1.14. The van der Waals surface area contributed by atoms with Gasteiger partial charge in [-0.3, -0.25) is 4.79 Å². The number of hydrogen-bond donors (Lipinski definition) is 0. The van der Waals surface area contributed by atoms with Crippen molar-refractivity contribution in [1.29, 1.82) is 0 Å². The second-order valence-electron chi connectivity index (χ2n) is 4.33. The fourth-order valence-corrected chi connectivity index (χ4v) is 2.56. The Kier molecular flexibility index (Phi) is 1.72. The van der Waals surface area contributed by atoms with Gasteiger partial charge in [0.25, 0.3) is 5.91 Å². The van der Waals surface area contributed by atoms with Gasteiger partial charge in [0.2, 0.25) is 0 Å². The van der Waals surface area contributed by atoms with Gasteiger partial charge in [0.05, 0.1) is 0 Å². The number of amides is 1. The number of fused-ring (bicyclic) bond motifs is 3. The molecule has 1 aromatic rings. The molecule has 76 valence electrons. The summed E-state index contributed by atoms with van der Waals surface area (Å²) in [5.74, 6) is 0.582. The SMILES string of the molecule is C[C@@H]1C=CC(=O)N2c3ccccc3C[C@H]12. The molecule has 0 saturated carbocycles. The van der Waals surface area contributed by atoms with Crippen LogP contribution in [0.3, 0.4) is 0 Å². The Morgan fingerprint density at radius 1 is 1.33 bits per heavy atom. The quantitative estimate of drug-likeness (QED) is 0.627. The number of carbonyl (C=O) groups excluding carboxylic acids is 1. The second-order valence-corrected chi connectivity index (χ2v) is 4.33. The maximum atomic E-state index is 11.8. The van der Waals surface area contributed by atoms with Gasteiger partial charge >= 0.3 is 0 Å². The number of para-hydroxylation sites is 1. The highest BCUT2D eigenvalue weighted by atomic mass is 16.2. The maximum absolute atomic E-state index is 11.8. The van der Waals surface area contributed by atoms with E-state index in [1.807, 2.05) is 29.2 Å². The van der Waals surface area contributed by atoms with Crippen LogP contribution in [0.15, 0.2) is 36.4 Å². The van der Waals surface area contributed by atoms with Crippen molar-refractivity contribution in [2.75, 3.05) is 4.90 Å². The molecule has 1 aromatic carbocycles. The van der Waals surface area contributed by atoms with E-state index in [0.29, 0.717) is 12.0 Å². The molecule has 2 aliphatic heterocycles. The molecule has 2 aliphatic rings. The lowest BCUT2D eigenvalue weighted by Gasteiger charge is -2.31. The minimum absolute atomic E-state index is 0.128. The normalized spacial score (nSPS) is 27.8. The third-order valence-corrected chi connectivity index (χ3v) is 3.40. The van der Waals surface area contributed by atoms with Gasteiger partial charge in [0.1, 0.15) is 0 Å². The average molecular weight is 199 g/mol. The Morgan fingerprint density at radius 2 is 2.13 bits per heavy atom. The third-order valence-electron chi connectivity index (χ3n) is 3.40. The lowest BCUT2D eigenvalue weighted by Crippen LogP contribution is -2.43. The molecular formula is C13H13NO. The van der Waals surface area contributed by atoms with Gasteiger partial charge < -0.3 is 4.90 Å². The summed E-state index contributed by atoms with van der Waals surface area (Å²) in [6.07, 6.45) is 4.71. The number of hydrogen-bond acceptors (Lipinski definition) is 1. The van der Waals surface area contributed by atoms with Crippen molar-refractivity contribution in [3.8, 4) is 0 Å². The van der Waals surface area contributed by atoms with Crippen LogP contribution >= 0.6 is 0 Å². The van der Waals surface area contributed by atoms with E-state index in [0.717, 1.165) is 12.1 Å². The molecule has 0 radical (unpaired) electrons. The Hall–Kier alpha value is -1.57. The average Bonchev–Trinajstić information content (AvgIpc) is 2.64. The number of benzene rings is 1. The molecule has 0 unspecified atom stereocenters. The van der Waals surface area contributed by atoms with Gasteiger partial charge in [-0.25, -0.2) is 0 Å². The zero-order chi connectivity index (χ0) is 10.4. The largest absolute Gasteiger partial charge is 0.305 e. The number of rotatable bonds is 0. The second kappa shape index (κ2) is 2.96. The van der Waals surface area contributed by atoms with Crippen LogP contribution in [-0.4, -0.2) is 11.9 Å². The van der Waals surface area contributed by atoms with Crippen LogP contribution in [0.1, 0.15) is 12.5 Å². The highest BCUT2D eigenvalue weighted by Crippen LogP contribution is 2.37. The predicted molar refractivity (Wildman–Crippen MR) is 59.7 cm³/mol. The predicted octanol–water partition coefficient (Wildman–Crippen LogP) is 2.15. The summed E-state index contributed by atoms with van der Waals surface area (Å²) in [6.45, 7) is 2.17. The number of anilines is 1. The smallest absolute Gasteiger partial charge is 0.250 e. The van der Waals surface area contributed by atoms with Crippen molar-refractivity contribution in [3.63, 3.8) is 0 Å². The van der Waals surface area contributed by atoms with Crippen LogP contribution in [0.4, 0.5) is 5.69 Å². The standard InChI is InChI=1S/C13H13NO/c1-9-6-7-13(15)14-11-5-3-2-4-10(11)8-12(9)14/h2-7,9,12H,8H2,1H3/t9-,12-/m1/s1. The lowest BCUT2D eigenvalue weighted by molar-refractivity contribution is -0.115. The summed E-state index contributed by atoms with van der Waals surface area (Å²) in [7, 11) is 0. The molecule has 0 aromatic heterocycles. The number of nitrogens with zero attached hydrogens (tertiary/aromatic N) is 1. The van der Waals surface area contributed by atoms with E-state index in [1.54, 1.807) is 6.08 Å². The molecule has 0 fully saturated rings. The summed E-state index contributed by atoms with van der Waals surface area (Å²) in [5.41, 5.74) is 2.40. The molecule has 0 spiro atoms. The van der Waals surface area contributed by atoms with Gasteiger partial charge in [-0.1, -0.05) is 31.2 Å². The fraction of sp³-hybridized carbons (Fsp3) is 0.308. The molecule has 2 heteroatoms. The molecular weight excluding hydrogens is 186 g/mol. The highest BCUT2D eigenvalue weighted by molar-refractivity contribution is 6.04. The first-order valence-electron chi connectivity index (χ1n) is 5.36. The zero-order valence-corrected chi connectivity index (χ0v) is 8.68. The molecule has 2 nitrogen and oxygen atoms in total. The first kappa shape index (κ1) is 8.72.